The number of hydrogen-bond donors (Lipinski definition) is 1. The van der Waals surface area contributed by atoms with Gasteiger partial charge in [-0.1, -0.05) is 58.3 Å². The molecule has 0 saturated carbocycles. The van der Waals surface area contributed by atoms with Crippen molar-refractivity contribution in [2.75, 3.05) is 0 Å². The average molecular weight is 199 g/mol. The highest BCUT2D eigenvalue weighted by molar-refractivity contribution is 5.49. The SMILES string of the molecule is CCCCCCCCCCCC=[NH+][O-]. The molecular weight excluding hydrogens is 174 g/mol. The Bertz CT molecular complexity index is 123. The van der Waals surface area contributed by atoms with E-state index in [0.717, 1.165) is 12.8 Å². The van der Waals surface area contributed by atoms with Gasteiger partial charge in [0.05, 0.1) is 0 Å². The summed E-state index contributed by atoms with van der Waals surface area (Å²) in [6.07, 6.45) is 14.6. The van der Waals surface area contributed by atoms with Crippen molar-refractivity contribution >= 4 is 6.21 Å². The molecule has 2 nitrogen and oxygen atoms in total. The van der Waals surface area contributed by atoms with Crippen molar-refractivity contribution in [3.05, 3.63) is 5.21 Å². The molecule has 0 aromatic rings. The minimum absolute atomic E-state index is 0.916. The molecule has 0 aliphatic heterocycles. The molecule has 0 bridgehead atoms. The van der Waals surface area contributed by atoms with E-state index in [1.54, 1.807) is 6.21 Å². The summed E-state index contributed by atoms with van der Waals surface area (Å²) in [5.41, 5.74) is 0. The lowest BCUT2D eigenvalue weighted by Gasteiger charge is -1.99. The van der Waals surface area contributed by atoms with E-state index in [1.807, 2.05) is 5.16 Å². The Morgan fingerprint density at radius 3 is 1.86 bits per heavy atom. The smallest absolute Gasteiger partial charge is 0.148 e. The zero-order chi connectivity index (χ0) is 10.5. The minimum atomic E-state index is 0.916. The van der Waals surface area contributed by atoms with Gasteiger partial charge in [-0.05, 0) is 6.42 Å². The Labute approximate surface area is 88.4 Å². The molecule has 0 aromatic carbocycles. The van der Waals surface area contributed by atoms with Crippen LogP contribution in [0.4, 0.5) is 0 Å². The van der Waals surface area contributed by atoms with Crippen LogP contribution >= 0.6 is 0 Å². The van der Waals surface area contributed by atoms with Gasteiger partial charge in [-0.2, -0.15) is 0 Å². The number of nitrogens with one attached hydrogen (secondary N) is 1. The topological polar surface area (TPSA) is 37.0 Å². The van der Waals surface area contributed by atoms with Crippen molar-refractivity contribution < 1.29 is 5.16 Å². The number of hydrogen-bond acceptors (Lipinski definition) is 1. The van der Waals surface area contributed by atoms with E-state index in [0.29, 0.717) is 0 Å². The first-order chi connectivity index (χ1) is 6.91. The van der Waals surface area contributed by atoms with Crippen LogP contribution in [0.3, 0.4) is 0 Å². The molecule has 0 radical (unpaired) electrons. The Morgan fingerprint density at radius 1 is 0.857 bits per heavy atom. The maximum atomic E-state index is 9.86. The van der Waals surface area contributed by atoms with Crippen molar-refractivity contribution in [2.45, 2.75) is 71.1 Å². The van der Waals surface area contributed by atoms with Crippen molar-refractivity contribution in [3.8, 4) is 0 Å². The van der Waals surface area contributed by atoms with Crippen LogP contribution in [0.25, 0.3) is 0 Å². The zero-order valence-corrected chi connectivity index (χ0v) is 9.56. The molecule has 0 aliphatic rings. The summed E-state index contributed by atoms with van der Waals surface area (Å²) >= 11 is 0. The van der Waals surface area contributed by atoms with Gasteiger partial charge in [-0.15, -0.1) is 0 Å². The third-order valence-corrected chi connectivity index (χ3v) is 2.54. The van der Waals surface area contributed by atoms with Gasteiger partial charge in [0.1, 0.15) is 6.21 Å². The van der Waals surface area contributed by atoms with E-state index in [4.69, 9.17) is 0 Å². The standard InChI is InChI=1S/C12H25NO/c1-2-3-4-5-6-7-8-9-10-11-12-13-14/h12-13H,2-11H2,1H3. The molecule has 0 fully saturated rings. The second-order valence-corrected chi connectivity index (χ2v) is 3.94. The summed E-state index contributed by atoms with van der Waals surface area (Å²) < 4.78 is 0. The second-order valence-electron chi connectivity index (χ2n) is 3.94. The van der Waals surface area contributed by atoms with Crippen LogP contribution in [0.1, 0.15) is 71.1 Å². The van der Waals surface area contributed by atoms with Crippen LogP contribution in [0, 0.1) is 5.21 Å². The lowest BCUT2D eigenvalue weighted by molar-refractivity contribution is -0.368. The molecule has 0 aliphatic carbocycles. The molecule has 0 atom stereocenters. The largest absolute Gasteiger partial charge is 0.626 e. The summed E-state index contributed by atoms with van der Waals surface area (Å²) in [7, 11) is 0. The predicted molar refractivity (Wildman–Crippen MR) is 62.2 cm³/mol. The molecule has 0 aromatic heterocycles. The van der Waals surface area contributed by atoms with Crippen molar-refractivity contribution in [1.29, 1.82) is 0 Å². The number of rotatable bonds is 10. The summed E-state index contributed by atoms with van der Waals surface area (Å²) in [6, 6.07) is 0. The highest BCUT2D eigenvalue weighted by Crippen LogP contribution is 2.09. The molecular formula is C12H25NO. The van der Waals surface area contributed by atoms with E-state index >= 15 is 0 Å². The lowest BCUT2D eigenvalue weighted by Crippen LogP contribution is -2.60. The monoisotopic (exact) mass is 199 g/mol. The fourth-order valence-corrected chi connectivity index (χ4v) is 1.62. The van der Waals surface area contributed by atoms with Crippen molar-refractivity contribution in [3.63, 3.8) is 0 Å². The van der Waals surface area contributed by atoms with Gasteiger partial charge in [-0.3, -0.25) is 0 Å². The number of unbranched alkanes of at least 4 members (excludes halogenated alkanes) is 9. The van der Waals surface area contributed by atoms with Crippen molar-refractivity contribution in [2.24, 2.45) is 0 Å². The molecule has 0 unspecified atom stereocenters. The van der Waals surface area contributed by atoms with E-state index in [-0.39, 0.29) is 0 Å². The highest BCUT2D eigenvalue weighted by atomic mass is 16.4. The third kappa shape index (κ3) is 11.5. The molecule has 0 saturated heterocycles. The fourth-order valence-electron chi connectivity index (χ4n) is 1.62. The molecule has 0 rings (SSSR count). The molecule has 0 heterocycles. The predicted octanol–water partition coefficient (Wildman–Crippen LogP) is 2.56. The lowest BCUT2D eigenvalue weighted by atomic mass is 10.1. The molecule has 0 spiro atoms. The summed E-state index contributed by atoms with van der Waals surface area (Å²) in [5.74, 6) is 0. The van der Waals surface area contributed by atoms with Gasteiger partial charge < -0.3 is 5.21 Å². The van der Waals surface area contributed by atoms with E-state index < -0.39 is 0 Å². The Kier molecular flexibility index (Phi) is 12.0. The average Bonchev–Trinajstić information content (AvgIpc) is 2.21. The Morgan fingerprint density at radius 2 is 1.36 bits per heavy atom. The summed E-state index contributed by atoms with van der Waals surface area (Å²) in [6.45, 7) is 2.25. The molecule has 1 N–H and O–H groups in total. The molecule has 84 valence electrons. The van der Waals surface area contributed by atoms with Gasteiger partial charge in [0, 0.05) is 6.42 Å². The maximum Gasteiger partial charge on any atom is 0.148 e. The normalized spacial score (nSPS) is 11.2. The van der Waals surface area contributed by atoms with E-state index in [9.17, 15) is 5.21 Å². The maximum absolute atomic E-state index is 9.86. The fraction of sp³-hybridized carbons (Fsp3) is 0.917. The summed E-state index contributed by atoms with van der Waals surface area (Å²) in [4.78, 5) is 0. The van der Waals surface area contributed by atoms with Crippen LogP contribution in [0.5, 0.6) is 0 Å². The van der Waals surface area contributed by atoms with Crippen LogP contribution in [-0.4, -0.2) is 6.21 Å². The first-order valence-corrected chi connectivity index (χ1v) is 6.11. The van der Waals surface area contributed by atoms with E-state index in [2.05, 4.69) is 6.92 Å². The van der Waals surface area contributed by atoms with Gasteiger partial charge in [-0.25, -0.2) is 5.16 Å². The first-order valence-electron chi connectivity index (χ1n) is 6.11. The van der Waals surface area contributed by atoms with Gasteiger partial charge >= 0.3 is 0 Å². The molecule has 0 amide bonds. The third-order valence-electron chi connectivity index (χ3n) is 2.54. The first kappa shape index (κ1) is 13.5. The van der Waals surface area contributed by atoms with Gasteiger partial charge in [0.2, 0.25) is 0 Å². The van der Waals surface area contributed by atoms with E-state index in [1.165, 1.54) is 51.4 Å². The molecule has 2 heteroatoms. The van der Waals surface area contributed by atoms with Crippen LogP contribution in [0.2, 0.25) is 0 Å². The van der Waals surface area contributed by atoms with Crippen LogP contribution in [-0.2, 0) is 0 Å². The van der Waals surface area contributed by atoms with Crippen LogP contribution < -0.4 is 5.16 Å². The Hall–Kier alpha value is -0.530. The van der Waals surface area contributed by atoms with Gasteiger partial charge in [0.15, 0.2) is 0 Å². The summed E-state index contributed by atoms with van der Waals surface area (Å²) in [5, 5.41) is 11.7. The minimum Gasteiger partial charge on any atom is -0.626 e. The Balaban J connectivity index is 2.85. The zero-order valence-electron chi connectivity index (χ0n) is 9.56. The second kappa shape index (κ2) is 12.5. The van der Waals surface area contributed by atoms with Gasteiger partial charge in [0.25, 0.3) is 0 Å². The molecule has 14 heavy (non-hydrogen) atoms. The quantitative estimate of drug-likeness (QED) is 0.250. The van der Waals surface area contributed by atoms with Crippen molar-refractivity contribution in [1.82, 2.24) is 0 Å². The van der Waals surface area contributed by atoms with Crippen LogP contribution in [0.15, 0.2) is 0 Å². The highest BCUT2D eigenvalue weighted by Gasteiger charge is 1.91.